The lowest BCUT2D eigenvalue weighted by atomic mass is 10.1. The zero-order valence-corrected chi connectivity index (χ0v) is 15.2. The van der Waals surface area contributed by atoms with Crippen molar-refractivity contribution in [3.8, 4) is 0 Å². The first-order valence-electron chi connectivity index (χ1n) is 8.60. The Morgan fingerprint density at radius 2 is 1.45 bits per heavy atom. The number of thiocarbonyl (C=S) groups is 1. The predicted octanol–water partition coefficient (Wildman–Crippen LogP) is 4.17. The lowest BCUT2D eigenvalue weighted by Gasteiger charge is -2.10. The third-order valence-corrected chi connectivity index (χ3v) is 3.19. The van der Waals surface area contributed by atoms with E-state index in [4.69, 9.17) is 14.9 Å². The molecule has 0 rings (SSSR count). The minimum atomic E-state index is -0.360. The van der Waals surface area contributed by atoms with Crippen molar-refractivity contribution in [1.82, 2.24) is 0 Å². The number of unbranched alkanes of at least 4 members (excludes halogenated alkanes) is 8. The van der Waals surface area contributed by atoms with Crippen molar-refractivity contribution in [3.63, 3.8) is 0 Å². The van der Waals surface area contributed by atoms with Crippen LogP contribution in [0.4, 0.5) is 0 Å². The minimum Gasteiger partial charge on any atom is -0.502 e. The Kier molecular flexibility index (Phi) is 22.7. The third-order valence-electron chi connectivity index (χ3n) is 3.19. The largest absolute Gasteiger partial charge is 0.502 e. The van der Waals surface area contributed by atoms with Crippen LogP contribution in [0, 0.1) is 0 Å². The van der Waals surface area contributed by atoms with Crippen LogP contribution in [0.25, 0.3) is 0 Å². The molecule has 3 N–H and O–H groups in total. The van der Waals surface area contributed by atoms with Crippen molar-refractivity contribution < 1.29 is 20.1 Å². The van der Waals surface area contributed by atoms with Gasteiger partial charge in [0.15, 0.2) is 5.05 Å². The van der Waals surface area contributed by atoms with Crippen LogP contribution in [0.5, 0.6) is 0 Å². The van der Waals surface area contributed by atoms with Gasteiger partial charge in [0.05, 0.1) is 25.9 Å². The average Bonchev–Trinajstić information content (AvgIpc) is 2.45. The van der Waals surface area contributed by atoms with Gasteiger partial charge in [-0.1, -0.05) is 64.7 Å². The van der Waals surface area contributed by atoms with Crippen molar-refractivity contribution in [3.05, 3.63) is 0 Å². The molecule has 0 saturated heterocycles. The topological polar surface area (TPSA) is 69.9 Å². The minimum absolute atomic E-state index is 0.000000000000000222. The summed E-state index contributed by atoms with van der Waals surface area (Å²) < 4.78 is 5.08. The molecule has 0 aliphatic rings. The Morgan fingerprint density at radius 3 is 1.91 bits per heavy atom. The summed E-state index contributed by atoms with van der Waals surface area (Å²) in [5.74, 6) is 0. The predicted molar refractivity (Wildman–Crippen MR) is 96.7 cm³/mol. The zero-order valence-electron chi connectivity index (χ0n) is 14.4. The van der Waals surface area contributed by atoms with E-state index in [0.29, 0.717) is 13.2 Å². The molecule has 0 aromatic carbocycles. The summed E-state index contributed by atoms with van der Waals surface area (Å²) >= 11 is 4.09. The summed E-state index contributed by atoms with van der Waals surface area (Å²) in [6.45, 7) is 4.42. The van der Waals surface area contributed by atoms with Crippen LogP contribution < -0.4 is 0 Å². The maximum absolute atomic E-state index is 9.57. The Bertz CT molecular complexity index is 221. The van der Waals surface area contributed by atoms with Crippen LogP contribution in [0.1, 0.15) is 78.1 Å². The highest BCUT2D eigenvalue weighted by atomic mass is 32.1. The fourth-order valence-corrected chi connectivity index (χ4v) is 2.06. The highest BCUT2D eigenvalue weighted by Gasteiger charge is 2.03. The molecule has 22 heavy (non-hydrogen) atoms. The zero-order chi connectivity index (χ0) is 17.1. The van der Waals surface area contributed by atoms with Crippen LogP contribution in [0.3, 0.4) is 0 Å². The summed E-state index contributed by atoms with van der Waals surface area (Å²) in [5, 5.41) is 25.9. The molecule has 134 valence electrons. The Balaban J connectivity index is 0. The molecule has 0 aliphatic heterocycles. The molecule has 0 fully saturated rings. The standard InChI is InChI=1S/C15H32O3.C2H4OS/c1-2-3-4-5-6-7-8-9-10-11-15(17)14-18-13-12-16;1-2(3)4/h15-17H,2-14H2,1H3;1H3,(H,3,4). The molecule has 0 aromatic rings. The summed E-state index contributed by atoms with van der Waals surface area (Å²) in [6, 6.07) is 0. The first-order valence-corrected chi connectivity index (χ1v) is 9.01. The van der Waals surface area contributed by atoms with E-state index in [-0.39, 0.29) is 17.8 Å². The van der Waals surface area contributed by atoms with Gasteiger partial charge < -0.3 is 20.1 Å². The summed E-state index contributed by atoms with van der Waals surface area (Å²) in [4.78, 5) is 0. The normalized spacial score (nSPS) is 11.6. The maximum atomic E-state index is 9.57. The Morgan fingerprint density at radius 1 is 1.00 bits per heavy atom. The van der Waals surface area contributed by atoms with Gasteiger partial charge in [-0.2, -0.15) is 0 Å². The second-order valence-corrected chi connectivity index (χ2v) is 6.18. The number of aliphatic hydroxyl groups is 3. The maximum Gasteiger partial charge on any atom is 0.153 e. The monoisotopic (exact) mass is 336 g/mol. The van der Waals surface area contributed by atoms with Crippen molar-refractivity contribution >= 4 is 17.3 Å². The molecule has 0 spiro atoms. The first-order chi connectivity index (χ1) is 10.5. The molecule has 0 saturated carbocycles. The Labute approximate surface area is 141 Å². The van der Waals surface area contributed by atoms with Gasteiger partial charge in [0.2, 0.25) is 0 Å². The molecular formula is C17H36O4S. The van der Waals surface area contributed by atoms with Crippen LogP contribution in [-0.4, -0.2) is 46.3 Å². The highest BCUT2D eigenvalue weighted by Crippen LogP contribution is 2.11. The van der Waals surface area contributed by atoms with Gasteiger partial charge in [-0.05, 0) is 18.6 Å². The van der Waals surface area contributed by atoms with Crippen LogP contribution in [0.2, 0.25) is 0 Å². The average molecular weight is 337 g/mol. The molecule has 0 aliphatic carbocycles. The number of ether oxygens (including phenoxy) is 1. The number of aliphatic hydroxyl groups excluding tert-OH is 3. The first kappa shape index (κ1) is 24.0. The van der Waals surface area contributed by atoms with E-state index in [1.807, 2.05) is 0 Å². The fourth-order valence-electron chi connectivity index (χ4n) is 2.06. The molecule has 0 aromatic heterocycles. The summed E-state index contributed by atoms with van der Waals surface area (Å²) in [5.41, 5.74) is 0. The van der Waals surface area contributed by atoms with E-state index < -0.39 is 0 Å². The van der Waals surface area contributed by atoms with Gasteiger partial charge in [-0.25, -0.2) is 0 Å². The fraction of sp³-hybridized carbons (Fsp3) is 0.941. The smallest absolute Gasteiger partial charge is 0.153 e. The van der Waals surface area contributed by atoms with E-state index in [1.165, 1.54) is 58.3 Å². The molecule has 5 heteroatoms. The van der Waals surface area contributed by atoms with E-state index in [2.05, 4.69) is 19.1 Å². The molecule has 1 atom stereocenters. The van der Waals surface area contributed by atoms with Gasteiger partial charge in [0, 0.05) is 6.92 Å². The quantitative estimate of drug-likeness (QED) is 0.328. The van der Waals surface area contributed by atoms with Crippen LogP contribution >= 0.6 is 12.2 Å². The summed E-state index contributed by atoms with van der Waals surface area (Å²) in [7, 11) is 0. The van der Waals surface area contributed by atoms with Crippen molar-refractivity contribution in [1.29, 1.82) is 0 Å². The number of hydrogen-bond acceptors (Lipinski definition) is 4. The molecule has 4 nitrogen and oxygen atoms in total. The van der Waals surface area contributed by atoms with Crippen molar-refractivity contribution in [2.75, 3.05) is 19.8 Å². The molecular weight excluding hydrogens is 300 g/mol. The highest BCUT2D eigenvalue weighted by molar-refractivity contribution is 7.79. The van der Waals surface area contributed by atoms with Gasteiger partial charge in [-0.3, -0.25) is 0 Å². The molecule has 0 heterocycles. The number of hydrogen-bond donors (Lipinski definition) is 3. The van der Waals surface area contributed by atoms with Crippen LogP contribution in [-0.2, 0) is 4.74 Å². The third kappa shape index (κ3) is 28.0. The molecule has 0 bridgehead atoms. The van der Waals surface area contributed by atoms with Gasteiger partial charge in [0.1, 0.15) is 0 Å². The van der Waals surface area contributed by atoms with E-state index in [1.54, 1.807) is 0 Å². The Hall–Kier alpha value is -0.230. The number of rotatable bonds is 14. The van der Waals surface area contributed by atoms with Gasteiger partial charge in [0.25, 0.3) is 0 Å². The van der Waals surface area contributed by atoms with Crippen LogP contribution in [0.15, 0.2) is 0 Å². The van der Waals surface area contributed by atoms with E-state index >= 15 is 0 Å². The lowest BCUT2D eigenvalue weighted by Crippen LogP contribution is -2.16. The van der Waals surface area contributed by atoms with Crippen molar-refractivity contribution in [2.45, 2.75) is 84.2 Å². The summed E-state index contributed by atoms with van der Waals surface area (Å²) in [6.07, 6.45) is 12.2. The van der Waals surface area contributed by atoms with Gasteiger partial charge >= 0.3 is 0 Å². The lowest BCUT2D eigenvalue weighted by molar-refractivity contribution is 0.0170. The second-order valence-electron chi connectivity index (χ2n) is 5.59. The molecule has 1 unspecified atom stereocenters. The van der Waals surface area contributed by atoms with Gasteiger partial charge in [-0.15, -0.1) is 0 Å². The second kappa shape index (κ2) is 20.8. The SMILES string of the molecule is CC(O)=S.CCCCCCCCCCCC(O)COCCO. The molecule has 0 amide bonds. The molecule has 0 radical (unpaired) electrons. The van der Waals surface area contributed by atoms with E-state index in [0.717, 1.165) is 12.8 Å². The van der Waals surface area contributed by atoms with Crippen molar-refractivity contribution in [2.24, 2.45) is 0 Å². The van der Waals surface area contributed by atoms with E-state index in [9.17, 15) is 5.11 Å².